The van der Waals surface area contributed by atoms with Crippen LogP contribution in [0.1, 0.15) is 40.8 Å². The Kier molecular flexibility index (Phi) is 7.66. The maximum atomic E-state index is 14.1. The number of nitrogens with zero attached hydrogens (tertiary/aromatic N) is 1. The molecule has 0 spiro atoms. The van der Waals surface area contributed by atoms with Crippen molar-refractivity contribution in [2.24, 2.45) is 5.16 Å². The van der Waals surface area contributed by atoms with E-state index in [1.807, 2.05) is 32.0 Å². The van der Waals surface area contributed by atoms with Crippen LogP contribution in [-0.4, -0.2) is 25.9 Å². The third kappa shape index (κ3) is 4.94. The molecule has 0 aliphatic rings. The summed E-state index contributed by atoms with van der Waals surface area (Å²) in [5.74, 6) is -0.841. The SMILES string of the molecule is CONC(C(=O)OC)c1cccc(C)c1CO/N=C(\C)c1c(C)cccc1F. The number of oxime groups is 1. The summed E-state index contributed by atoms with van der Waals surface area (Å²) < 4.78 is 18.9. The number of esters is 1. The van der Waals surface area contributed by atoms with Crippen LogP contribution in [0.4, 0.5) is 4.39 Å². The standard InChI is InChI=1S/C21H25FN2O4/c1-13-8-6-10-16(20(24-27-5)21(25)26-4)17(13)12-28-23-15(3)19-14(2)9-7-11-18(19)22/h6-11,20,24H,12H2,1-5H3/b23-15+. The molecule has 0 aliphatic heterocycles. The molecule has 1 unspecified atom stereocenters. The number of halogens is 1. The van der Waals surface area contributed by atoms with E-state index in [1.54, 1.807) is 19.1 Å². The molecule has 0 fully saturated rings. The van der Waals surface area contributed by atoms with Gasteiger partial charge in [-0.1, -0.05) is 35.5 Å². The van der Waals surface area contributed by atoms with Crippen molar-refractivity contribution < 1.29 is 23.6 Å². The van der Waals surface area contributed by atoms with E-state index in [-0.39, 0.29) is 12.4 Å². The zero-order valence-electron chi connectivity index (χ0n) is 16.7. The Balaban J connectivity index is 2.28. The van der Waals surface area contributed by atoms with Crippen LogP contribution in [0.25, 0.3) is 0 Å². The number of hydroxylamine groups is 1. The van der Waals surface area contributed by atoms with Crippen molar-refractivity contribution in [3.8, 4) is 0 Å². The van der Waals surface area contributed by atoms with Crippen LogP contribution < -0.4 is 5.48 Å². The highest BCUT2D eigenvalue weighted by molar-refractivity contribution is 5.99. The van der Waals surface area contributed by atoms with Crippen molar-refractivity contribution in [2.45, 2.75) is 33.4 Å². The maximum Gasteiger partial charge on any atom is 0.329 e. The average Bonchev–Trinajstić information content (AvgIpc) is 2.66. The number of ether oxygens (including phenoxy) is 1. The maximum absolute atomic E-state index is 14.1. The molecule has 0 saturated heterocycles. The molecule has 0 aliphatic carbocycles. The first-order chi connectivity index (χ1) is 13.4. The molecular formula is C21H25FN2O4. The molecule has 1 N–H and O–H groups in total. The van der Waals surface area contributed by atoms with Gasteiger partial charge in [0.05, 0.1) is 19.9 Å². The largest absolute Gasteiger partial charge is 0.468 e. The Hall–Kier alpha value is -2.77. The van der Waals surface area contributed by atoms with E-state index in [0.29, 0.717) is 16.8 Å². The summed E-state index contributed by atoms with van der Waals surface area (Å²) in [5, 5.41) is 4.07. The lowest BCUT2D eigenvalue weighted by Gasteiger charge is -2.19. The fraction of sp³-hybridized carbons (Fsp3) is 0.333. The highest BCUT2D eigenvalue weighted by Gasteiger charge is 2.25. The highest BCUT2D eigenvalue weighted by atomic mass is 19.1. The smallest absolute Gasteiger partial charge is 0.329 e. The summed E-state index contributed by atoms with van der Waals surface area (Å²) in [5.41, 5.74) is 6.61. The molecule has 1 atom stereocenters. The van der Waals surface area contributed by atoms with E-state index in [0.717, 1.165) is 16.7 Å². The summed E-state index contributed by atoms with van der Waals surface area (Å²) in [6.45, 7) is 5.51. The number of aryl methyl sites for hydroxylation is 2. The third-order valence-corrected chi connectivity index (χ3v) is 4.42. The fourth-order valence-electron chi connectivity index (χ4n) is 3.00. The lowest BCUT2D eigenvalue weighted by molar-refractivity contribution is -0.147. The lowest BCUT2D eigenvalue weighted by Crippen LogP contribution is -2.30. The van der Waals surface area contributed by atoms with Gasteiger partial charge < -0.3 is 14.4 Å². The van der Waals surface area contributed by atoms with E-state index in [4.69, 9.17) is 14.4 Å². The second-order valence-corrected chi connectivity index (χ2v) is 6.30. The van der Waals surface area contributed by atoms with Gasteiger partial charge in [0.1, 0.15) is 12.4 Å². The van der Waals surface area contributed by atoms with E-state index < -0.39 is 12.0 Å². The number of carbonyl (C=O) groups excluding carboxylic acids is 1. The minimum absolute atomic E-state index is 0.103. The Morgan fingerprint density at radius 2 is 1.82 bits per heavy atom. The topological polar surface area (TPSA) is 69.2 Å². The number of benzene rings is 2. The molecular weight excluding hydrogens is 363 g/mol. The summed E-state index contributed by atoms with van der Waals surface area (Å²) in [7, 11) is 2.73. The van der Waals surface area contributed by atoms with Crippen LogP contribution in [0, 0.1) is 19.7 Å². The first-order valence-corrected chi connectivity index (χ1v) is 8.77. The predicted molar refractivity (Wildman–Crippen MR) is 104 cm³/mol. The molecule has 2 aromatic rings. The molecule has 2 aromatic carbocycles. The van der Waals surface area contributed by atoms with Crippen molar-refractivity contribution in [1.82, 2.24) is 5.48 Å². The first-order valence-electron chi connectivity index (χ1n) is 8.77. The van der Waals surface area contributed by atoms with Crippen molar-refractivity contribution in [3.05, 3.63) is 70.0 Å². The summed E-state index contributed by atoms with van der Waals surface area (Å²) in [6.07, 6.45) is 0. The number of hydrogen-bond acceptors (Lipinski definition) is 6. The quantitative estimate of drug-likeness (QED) is 0.424. The fourth-order valence-corrected chi connectivity index (χ4v) is 3.00. The number of carbonyl (C=O) groups is 1. The normalized spacial score (nSPS) is 12.6. The van der Waals surface area contributed by atoms with Crippen molar-refractivity contribution >= 4 is 11.7 Å². The number of methoxy groups -OCH3 is 1. The molecule has 0 heterocycles. The summed E-state index contributed by atoms with van der Waals surface area (Å²) in [6, 6.07) is 9.56. The predicted octanol–water partition coefficient (Wildman–Crippen LogP) is 3.75. The van der Waals surface area contributed by atoms with Crippen molar-refractivity contribution in [3.63, 3.8) is 0 Å². The molecule has 6 nitrogen and oxygen atoms in total. The Bertz CT molecular complexity index is 847. The van der Waals surface area contributed by atoms with Gasteiger partial charge in [-0.25, -0.2) is 9.18 Å². The van der Waals surface area contributed by atoms with E-state index >= 15 is 0 Å². The molecule has 2 rings (SSSR count). The minimum atomic E-state index is -0.813. The lowest BCUT2D eigenvalue weighted by atomic mass is 9.97. The van der Waals surface area contributed by atoms with Gasteiger partial charge in [0.25, 0.3) is 0 Å². The van der Waals surface area contributed by atoms with Gasteiger partial charge in [-0.05, 0) is 43.5 Å². The zero-order chi connectivity index (χ0) is 20.7. The number of hydrogen-bond donors (Lipinski definition) is 1. The monoisotopic (exact) mass is 388 g/mol. The Morgan fingerprint density at radius 1 is 1.14 bits per heavy atom. The summed E-state index contributed by atoms with van der Waals surface area (Å²) in [4.78, 5) is 22.6. The van der Waals surface area contributed by atoms with Gasteiger partial charge in [0.2, 0.25) is 0 Å². The summed E-state index contributed by atoms with van der Waals surface area (Å²) >= 11 is 0. The molecule has 0 radical (unpaired) electrons. The molecule has 150 valence electrons. The van der Waals surface area contributed by atoms with E-state index in [2.05, 4.69) is 10.6 Å². The van der Waals surface area contributed by atoms with Gasteiger partial charge in [0.15, 0.2) is 6.04 Å². The zero-order valence-corrected chi connectivity index (χ0v) is 16.7. The van der Waals surface area contributed by atoms with E-state index in [9.17, 15) is 9.18 Å². The number of rotatable bonds is 8. The van der Waals surface area contributed by atoms with Crippen LogP contribution in [0.5, 0.6) is 0 Å². The molecule has 7 heteroatoms. The van der Waals surface area contributed by atoms with Crippen LogP contribution in [0.15, 0.2) is 41.6 Å². The van der Waals surface area contributed by atoms with Crippen molar-refractivity contribution in [2.75, 3.05) is 14.2 Å². The van der Waals surface area contributed by atoms with Gasteiger partial charge in [0, 0.05) is 11.1 Å². The molecule has 0 bridgehead atoms. The van der Waals surface area contributed by atoms with Crippen LogP contribution in [0.3, 0.4) is 0 Å². The van der Waals surface area contributed by atoms with Gasteiger partial charge in [-0.2, -0.15) is 5.48 Å². The minimum Gasteiger partial charge on any atom is -0.468 e. The van der Waals surface area contributed by atoms with Gasteiger partial charge in [-0.3, -0.25) is 0 Å². The molecule has 0 amide bonds. The average molecular weight is 388 g/mol. The van der Waals surface area contributed by atoms with E-state index in [1.165, 1.54) is 20.3 Å². The second kappa shape index (κ2) is 9.96. The first kappa shape index (κ1) is 21.5. The molecule has 0 saturated carbocycles. The second-order valence-electron chi connectivity index (χ2n) is 6.30. The Morgan fingerprint density at radius 3 is 2.46 bits per heavy atom. The van der Waals surface area contributed by atoms with Gasteiger partial charge >= 0.3 is 5.97 Å². The molecule has 0 aromatic heterocycles. The third-order valence-electron chi connectivity index (χ3n) is 4.42. The Labute approximate surface area is 164 Å². The van der Waals surface area contributed by atoms with Crippen LogP contribution in [0.2, 0.25) is 0 Å². The van der Waals surface area contributed by atoms with Crippen molar-refractivity contribution in [1.29, 1.82) is 0 Å². The highest BCUT2D eigenvalue weighted by Crippen LogP contribution is 2.24. The number of nitrogens with one attached hydrogen (secondary N) is 1. The van der Waals surface area contributed by atoms with Crippen LogP contribution in [-0.2, 0) is 25.8 Å². The van der Waals surface area contributed by atoms with Crippen LogP contribution >= 0.6 is 0 Å². The molecule has 28 heavy (non-hydrogen) atoms. The van der Waals surface area contributed by atoms with Gasteiger partial charge in [-0.15, -0.1) is 0 Å².